The van der Waals surface area contributed by atoms with Crippen molar-refractivity contribution in [2.75, 3.05) is 19.6 Å². The van der Waals surface area contributed by atoms with Crippen LogP contribution in [0.15, 0.2) is 22.8 Å². The number of aromatic nitrogens is 1. The summed E-state index contributed by atoms with van der Waals surface area (Å²) in [4.78, 5) is 16.1. The maximum absolute atomic E-state index is 12.0. The molecule has 1 saturated heterocycles. The number of piperidine rings is 1. The maximum Gasteiger partial charge on any atom is 0.271 e. The lowest BCUT2D eigenvalue weighted by Crippen LogP contribution is -2.45. The van der Waals surface area contributed by atoms with E-state index in [1.54, 1.807) is 12.3 Å². The summed E-state index contributed by atoms with van der Waals surface area (Å²) in [5.41, 5.74) is 0.597. The Kier molecular flexibility index (Phi) is 6.23. The molecule has 0 bridgehead atoms. The third kappa shape index (κ3) is 4.44. The lowest BCUT2D eigenvalue weighted by Gasteiger charge is -2.34. The number of halogens is 2. The molecule has 0 saturated carbocycles. The second kappa shape index (κ2) is 7.22. The average molecular weight is 349 g/mol. The quantitative estimate of drug-likeness (QED) is 0.882. The van der Waals surface area contributed by atoms with Crippen molar-refractivity contribution in [2.24, 2.45) is 5.41 Å². The fraction of sp³-hybridized carbons (Fsp3) is 0.538. The first kappa shape index (κ1) is 16.4. The van der Waals surface area contributed by atoms with Crippen molar-refractivity contribution in [1.29, 1.82) is 0 Å². The summed E-state index contributed by atoms with van der Waals surface area (Å²) in [6.45, 7) is 4.92. The largest absolute Gasteiger partial charge is 0.350 e. The van der Waals surface area contributed by atoms with Crippen LogP contribution in [0, 0.1) is 5.41 Å². The van der Waals surface area contributed by atoms with Gasteiger partial charge in [0.05, 0.1) is 0 Å². The van der Waals surface area contributed by atoms with Crippen molar-refractivity contribution in [3.05, 3.63) is 28.5 Å². The summed E-state index contributed by atoms with van der Waals surface area (Å²) in [7, 11) is 0. The molecule has 2 heterocycles. The van der Waals surface area contributed by atoms with E-state index < -0.39 is 0 Å². The molecule has 2 N–H and O–H groups in total. The molecule has 2 rings (SSSR count). The predicted octanol–water partition coefficient (Wildman–Crippen LogP) is 2.39. The van der Waals surface area contributed by atoms with E-state index in [9.17, 15) is 4.79 Å². The van der Waals surface area contributed by atoms with Gasteiger partial charge in [0, 0.05) is 23.8 Å². The zero-order valence-corrected chi connectivity index (χ0v) is 13.3. The molecular weight excluding hydrogens is 330 g/mol. The van der Waals surface area contributed by atoms with Gasteiger partial charge in [0.2, 0.25) is 0 Å². The highest BCUT2D eigenvalue weighted by atomic mass is 79.9. The number of rotatable bonds is 3. The summed E-state index contributed by atoms with van der Waals surface area (Å²) < 4.78 is 0.731. The van der Waals surface area contributed by atoms with Gasteiger partial charge in [-0.25, -0.2) is 4.98 Å². The Hall–Kier alpha value is -0.650. The number of amides is 1. The highest BCUT2D eigenvalue weighted by molar-refractivity contribution is 9.10. The Bertz CT molecular complexity index is 436. The number of hydrogen-bond acceptors (Lipinski definition) is 3. The van der Waals surface area contributed by atoms with Gasteiger partial charge in [-0.15, -0.1) is 12.4 Å². The minimum atomic E-state index is -0.116. The second-order valence-corrected chi connectivity index (χ2v) is 5.96. The molecule has 1 amide bonds. The second-order valence-electron chi connectivity index (χ2n) is 5.11. The lowest BCUT2D eigenvalue weighted by molar-refractivity contribution is 0.0919. The van der Waals surface area contributed by atoms with Crippen molar-refractivity contribution < 1.29 is 4.79 Å². The van der Waals surface area contributed by atoms with Gasteiger partial charge in [-0.2, -0.15) is 0 Å². The standard InChI is InChI=1S/C13H18BrN3O.ClH/c1-13(5-3-6-15-8-13)9-17-12(18)11-10(14)4-2-7-16-11;/h2,4,7,15H,3,5-6,8-9H2,1H3,(H,17,18);1H. The Balaban J connectivity index is 0.00000180. The topological polar surface area (TPSA) is 54.0 Å². The van der Waals surface area contributed by atoms with Crippen LogP contribution in [0.1, 0.15) is 30.3 Å². The van der Waals surface area contributed by atoms with Crippen LogP contribution in [0.2, 0.25) is 0 Å². The molecule has 0 aliphatic carbocycles. The maximum atomic E-state index is 12.0. The first-order chi connectivity index (χ1) is 8.61. The van der Waals surface area contributed by atoms with E-state index in [0.29, 0.717) is 12.2 Å². The predicted molar refractivity (Wildman–Crippen MR) is 81.7 cm³/mol. The van der Waals surface area contributed by atoms with E-state index in [0.717, 1.165) is 24.0 Å². The number of pyridine rings is 1. The van der Waals surface area contributed by atoms with Crippen LogP contribution >= 0.6 is 28.3 Å². The van der Waals surface area contributed by atoms with Crippen LogP contribution < -0.4 is 10.6 Å². The molecule has 1 aliphatic rings. The van der Waals surface area contributed by atoms with Crippen molar-refractivity contribution in [3.63, 3.8) is 0 Å². The molecular formula is C13H19BrClN3O. The Labute approximate surface area is 128 Å². The summed E-state index contributed by atoms with van der Waals surface area (Å²) in [5, 5.41) is 6.35. The van der Waals surface area contributed by atoms with Crippen LogP contribution in [-0.4, -0.2) is 30.5 Å². The van der Waals surface area contributed by atoms with Gasteiger partial charge >= 0.3 is 0 Å². The van der Waals surface area contributed by atoms with Crippen molar-refractivity contribution in [1.82, 2.24) is 15.6 Å². The SMILES string of the molecule is CC1(CNC(=O)c2ncccc2Br)CCCNC1.Cl. The van der Waals surface area contributed by atoms with Gasteiger partial charge < -0.3 is 10.6 Å². The minimum absolute atomic E-state index is 0. The smallest absolute Gasteiger partial charge is 0.271 e. The molecule has 106 valence electrons. The number of nitrogens with zero attached hydrogens (tertiary/aromatic N) is 1. The number of hydrogen-bond donors (Lipinski definition) is 2. The Morgan fingerprint density at radius 2 is 2.42 bits per heavy atom. The van der Waals surface area contributed by atoms with Crippen LogP contribution in [-0.2, 0) is 0 Å². The number of nitrogens with one attached hydrogen (secondary N) is 2. The Morgan fingerprint density at radius 3 is 3.05 bits per heavy atom. The average Bonchev–Trinajstić information content (AvgIpc) is 2.38. The number of carbonyl (C=O) groups is 1. The molecule has 4 nitrogen and oxygen atoms in total. The van der Waals surface area contributed by atoms with Gasteiger partial charge in [0.25, 0.3) is 5.91 Å². The molecule has 0 spiro atoms. The van der Waals surface area contributed by atoms with Gasteiger partial charge in [-0.05, 0) is 52.9 Å². The Morgan fingerprint density at radius 1 is 1.63 bits per heavy atom. The monoisotopic (exact) mass is 347 g/mol. The summed E-state index contributed by atoms with van der Waals surface area (Å²) in [6.07, 6.45) is 3.94. The molecule has 1 atom stereocenters. The van der Waals surface area contributed by atoms with Crippen LogP contribution in [0.3, 0.4) is 0 Å². The van der Waals surface area contributed by atoms with E-state index in [1.165, 1.54) is 6.42 Å². The van der Waals surface area contributed by atoms with Gasteiger partial charge in [-0.3, -0.25) is 4.79 Å². The molecule has 0 aromatic carbocycles. The third-order valence-corrected chi connectivity index (χ3v) is 3.97. The molecule has 1 aliphatic heterocycles. The zero-order valence-electron chi connectivity index (χ0n) is 10.9. The molecule has 1 fully saturated rings. The van der Waals surface area contributed by atoms with Crippen LogP contribution in [0.25, 0.3) is 0 Å². The van der Waals surface area contributed by atoms with Gasteiger partial charge in [-0.1, -0.05) is 6.92 Å². The summed E-state index contributed by atoms with van der Waals surface area (Å²) >= 11 is 3.34. The normalized spacial score (nSPS) is 22.4. The minimum Gasteiger partial charge on any atom is -0.350 e. The first-order valence-corrected chi connectivity index (χ1v) is 6.99. The first-order valence-electron chi connectivity index (χ1n) is 6.20. The number of carbonyl (C=O) groups excluding carboxylic acids is 1. The molecule has 1 aromatic heterocycles. The van der Waals surface area contributed by atoms with E-state index in [2.05, 4.69) is 38.5 Å². The molecule has 0 radical (unpaired) electrons. The zero-order chi connectivity index (χ0) is 13.0. The van der Waals surface area contributed by atoms with Gasteiger partial charge in [0.1, 0.15) is 5.69 Å². The summed E-state index contributed by atoms with van der Waals surface area (Å²) in [6, 6.07) is 3.62. The van der Waals surface area contributed by atoms with E-state index >= 15 is 0 Å². The van der Waals surface area contributed by atoms with Crippen molar-refractivity contribution in [3.8, 4) is 0 Å². The molecule has 19 heavy (non-hydrogen) atoms. The lowest BCUT2D eigenvalue weighted by atomic mass is 9.83. The van der Waals surface area contributed by atoms with Crippen LogP contribution in [0.5, 0.6) is 0 Å². The highest BCUT2D eigenvalue weighted by Crippen LogP contribution is 2.24. The fourth-order valence-corrected chi connectivity index (χ4v) is 2.63. The molecule has 1 unspecified atom stereocenters. The molecule has 1 aromatic rings. The fourth-order valence-electron chi connectivity index (χ4n) is 2.20. The third-order valence-electron chi connectivity index (χ3n) is 3.33. The van der Waals surface area contributed by atoms with Crippen molar-refractivity contribution in [2.45, 2.75) is 19.8 Å². The van der Waals surface area contributed by atoms with E-state index in [4.69, 9.17) is 0 Å². The van der Waals surface area contributed by atoms with E-state index in [1.807, 2.05) is 6.07 Å². The van der Waals surface area contributed by atoms with Crippen LogP contribution in [0.4, 0.5) is 0 Å². The highest BCUT2D eigenvalue weighted by Gasteiger charge is 2.27. The van der Waals surface area contributed by atoms with E-state index in [-0.39, 0.29) is 23.7 Å². The summed E-state index contributed by atoms with van der Waals surface area (Å²) in [5.74, 6) is -0.116. The molecule has 6 heteroatoms. The van der Waals surface area contributed by atoms with Crippen molar-refractivity contribution >= 4 is 34.2 Å². The van der Waals surface area contributed by atoms with Gasteiger partial charge in [0.15, 0.2) is 0 Å².